The number of furan rings is 1. The van der Waals surface area contributed by atoms with Crippen LogP contribution in [-0.2, 0) is 11.3 Å². The molecule has 1 amide bonds. The maximum Gasteiger partial charge on any atom is 0.228 e. The average molecular weight is 322 g/mol. The van der Waals surface area contributed by atoms with Crippen molar-refractivity contribution in [2.24, 2.45) is 5.92 Å². The third-order valence-electron chi connectivity index (χ3n) is 4.38. The lowest BCUT2D eigenvalue weighted by Gasteiger charge is -2.08. The Labute approximate surface area is 139 Å². The molecule has 2 unspecified atom stereocenters. The molecule has 1 fully saturated rings. The first-order chi connectivity index (χ1) is 11.8. The third kappa shape index (κ3) is 2.71. The second-order valence-corrected chi connectivity index (χ2v) is 5.97. The normalized spacial score (nSPS) is 19.2. The van der Waals surface area contributed by atoms with E-state index in [1.807, 2.05) is 47.9 Å². The van der Waals surface area contributed by atoms with Gasteiger partial charge in [-0.3, -0.25) is 4.79 Å². The van der Waals surface area contributed by atoms with Crippen LogP contribution in [0.5, 0.6) is 0 Å². The predicted molar refractivity (Wildman–Crippen MR) is 89.3 cm³/mol. The zero-order valence-corrected chi connectivity index (χ0v) is 13.3. The molecule has 1 aliphatic rings. The van der Waals surface area contributed by atoms with Crippen LogP contribution in [-0.4, -0.2) is 20.7 Å². The maximum atomic E-state index is 12.4. The number of hydrogen-bond acceptors (Lipinski definition) is 4. The second kappa shape index (κ2) is 5.96. The van der Waals surface area contributed by atoms with Crippen molar-refractivity contribution in [2.45, 2.75) is 25.8 Å². The first-order valence-electron chi connectivity index (χ1n) is 8.08. The molecule has 0 radical (unpaired) electrons. The number of rotatable bonds is 5. The quantitative estimate of drug-likeness (QED) is 0.782. The molecule has 122 valence electrons. The lowest BCUT2D eigenvalue weighted by atomic mass is 10.1. The molecular weight excluding hydrogens is 304 g/mol. The molecule has 2 heterocycles. The third-order valence-corrected chi connectivity index (χ3v) is 4.38. The van der Waals surface area contributed by atoms with Crippen molar-refractivity contribution in [2.75, 3.05) is 5.32 Å². The molecule has 1 saturated carbocycles. The first-order valence-corrected chi connectivity index (χ1v) is 8.08. The van der Waals surface area contributed by atoms with Gasteiger partial charge in [0.05, 0.1) is 6.26 Å². The van der Waals surface area contributed by atoms with Crippen molar-refractivity contribution >= 4 is 11.6 Å². The molecule has 2 aromatic heterocycles. The molecule has 0 aliphatic heterocycles. The van der Waals surface area contributed by atoms with Gasteiger partial charge in [-0.05, 0) is 37.6 Å². The highest BCUT2D eigenvalue weighted by atomic mass is 16.3. The number of carbonyl (C=O) groups excluding carboxylic acids is 1. The molecule has 2 atom stereocenters. The van der Waals surface area contributed by atoms with Crippen molar-refractivity contribution in [1.29, 1.82) is 0 Å². The highest BCUT2D eigenvalue weighted by Crippen LogP contribution is 2.48. The number of carbonyl (C=O) groups is 1. The van der Waals surface area contributed by atoms with Gasteiger partial charge in [0.15, 0.2) is 5.82 Å². The molecule has 6 nitrogen and oxygen atoms in total. The minimum Gasteiger partial charge on any atom is -0.469 e. The maximum absolute atomic E-state index is 12.4. The molecule has 24 heavy (non-hydrogen) atoms. The van der Waals surface area contributed by atoms with E-state index in [9.17, 15) is 4.79 Å². The van der Waals surface area contributed by atoms with Crippen LogP contribution in [0.4, 0.5) is 5.69 Å². The van der Waals surface area contributed by atoms with E-state index in [1.54, 1.807) is 12.6 Å². The van der Waals surface area contributed by atoms with E-state index in [1.165, 1.54) is 0 Å². The summed E-state index contributed by atoms with van der Waals surface area (Å²) < 4.78 is 7.35. The SMILES string of the molecule is CCn1cnnc1-c1cccc(NC(=O)C2CC2c2ccco2)c1. The van der Waals surface area contributed by atoms with Gasteiger partial charge < -0.3 is 14.3 Å². The Morgan fingerprint density at radius 3 is 3.08 bits per heavy atom. The molecule has 1 N–H and O–H groups in total. The number of nitrogens with zero attached hydrogens (tertiary/aromatic N) is 3. The lowest BCUT2D eigenvalue weighted by molar-refractivity contribution is -0.117. The van der Waals surface area contributed by atoms with Crippen LogP contribution in [0.25, 0.3) is 11.4 Å². The number of benzene rings is 1. The summed E-state index contributed by atoms with van der Waals surface area (Å²) in [6.07, 6.45) is 4.19. The van der Waals surface area contributed by atoms with E-state index < -0.39 is 0 Å². The second-order valence-electron chi connectivity index (χ2n) is 5.97. The fourth-order valence-electron chi connectivity index (χ4n) is 2.98. The standard InChI is InChI=1S/C18H18N4O2/c1-2-22-11-19-21-17(22)12-5-3-6-13(9-12)20-18(23)15-10-14(15)16-7-4-8-24-16/h3-9,11,14-15H,2,10H2,1H3,(H,20,23). The van der Waals surface area contributed by atoms with Gasteiger partial charge in [-0.1, -0.05) is 12.1 Å². The number of aromatic nitrogens is 3. The van der Waals surface area contributed by atoms with Crippen LogP contribution in [0.3, 0.4) is 0 Å². The van der Waals surface area contributed by atoms with Crippen molar-refractivity contribution < 1.29 is 9.21 Å². The monoisotopic (exact) mass is 322 g/mol. The van der Waals surface area contributed by atoms with E-state index in [4.69, 9.17) is 4.42 Å². The first kappa shape index (κ1) is 14.7. The van der Waals surface area contributed by atoms with Gasteiger partial charge in [0.1, 0.15) is 12.1 Å². The topological polar surface area (TPSA) is 73.0 Å². The van der Waals surface area contributed by atoms with Gasteiger partial charge in [0, 0.05) is 29.6 Å². The Kier molecular flexibility index (Phi) is 3.65. The average Bonchev–Trinajstić information content (AvgIpc) is 3.02. The predicted octanol–water partition coefficient (Wildman–Crippen LogP) is 3.30. The largest absolute Gasteiger partial charge is 0.469 e. The summed E-state index contributed by atoms with van der Waals surface area (Å²) in [6, 6.07) is 11.5. The van der Waals surface area contributed by atoms with E-state index >= 15 is 0 Å². The Morgan fingerprint density at radius 1 is 1.38 bits per heavy atom. The summed E-state index contributed by atoms with van der Waals surface area (Å²) >= 11 is 0. The minimum atomic E-state index is -0.0147. The Hall–Kier alpha value is -2.89. The van der Waals surface area contributed by atoms with Crippen LogP contribution in [0.1, 0.15) is 25.0 Å². The molecule has 0 bridgehead atoms. The summed E-state index contributed by atoms with van der Waals surface area (Å²) in [5.41, 5.74) is 1.71. The Bertz CT molecular complexity index is 854. The summed E-state index contributed by atoms with van der Waals surface area (Å²) in [6.45, 7) is 2.84. The number of hydrogen-bond donors (Lipinski definition) is 1. The Balaban J connectivity index is 1.48. The fourth-order valence-corrected chi connectivity index (χ4v) is 2.98. The van der Waals surface area contributed by atoms with E-state index in [2.05, 4.69) is 15.5 Å². The van der Waals surface area contributed by atoms with Crippen LogP contribution in [0.15, 0.2) is 53.4 Å². The Morgan fingerprint density at radius 2 is 2.29 bits per heavy atom. The zero-order chi connectivity index (χ0) is 16.5. The molecule has 0 spiro atoms. The lowest BCUT2D eigenvalue weighted by Crippen LogP contribution is -2.14. The van der Waals surface area contributed by atoms with Crippen molar-refractivity contribution in [3.8, 4) is 11.4 Å². The number of nitrogens with one attached hydrogen (secondary N) is 1. The summed E-state index contributed by atoms with van der Waals surface area (Å²) in [7, 11) is 0. The number of anilines is 1. The molecule has 3 aromatic rings. The van der Waals surface area contributed by atoms with Gasteiger partial charge in [-0.2, -0.15) is 0 Å². The summed E-state index contributed by atoms with van der Waals surface area (Å²) in [5.74, 6) is 1.91. The smallest absolute Gasteiger partial charge is 0.228 e. The molecular formula is C18H18N4O2. The van der Waals surface area contributed by atoms with E-state index in [-0.39, 0.29) is 17.7 Å². The number of amides is 1. The van der Waals surface area contributed by atoms with Gasteiger partial charge in [0.2, 0.25) is 5.91 Å². The number of aryl methyl sites for hydroxylation is 1. The molecule has 0 saturated heterocycles. The van der Waals surface area contributed by atoms with Gasteiger partial charge >= 0.3 is 0 Å². The van der Waals surface area contributed by atoms with Crippen LogP contribution in [0, 0.1) is 5.92 Å². The minimum absolute atomic E-state index is 0.0147. The van der Waals surface area contributed by atoms with E-state index in [0.29, 0.717) is 0 Å². The molecule has 6 heteroatoms. The summed E-state index contributed by atoms with van der Waals surface area (Å²) in [4.78, 5) is 12.4. The van der Waals surface area contributed by atoms with Crippen LogP contribution in [0.2, 0.25) is 0 Å². The van der Waals surface area contributed by atoms with Gasteiger partial charge in [0.25, 0.3) is 0 Å². The van der Waals surface area contributed by atoms with Crippen LogP contribution >= 0.6 is 0 Å². The molecule has 1 aliphatic carbocycles. The highest BCUT2D eigenvalue weighted by Gasteiger charge is 2.45. The van der Waals surface area contributed by atoms with Crippen molar-refractivity contribution in [1.82, 2.24) is 14.8 Å². The summed E-state index contributed by atoms with van der Waals surface area (Å²) in [5, 5.41) is 11.1. The van der Waals surface area contributed by atoms with Gasteiger partial charge in [-0.25, -0.2) is 0 Å². The van der Waals surface area contributed by atoms with Crippen molar-refractivity contribution in [3.63, 3.8) is 0 Å². The van der Waals surface area contributed by atoms with Gasteiger partial charge in [-0.15, -0.1) is 10.2 Å². The van der Waals surface area contributed by atoms with E-state index in [0.717, 1.165) is 35.8 Å². The molecule has 1 aromatic carbocycles. The highest BCUT2D eigenvalue weighted by molar-refractivity contribution is 5.95. The van der Waals surface area contributed by atoms with Crippen LogP contribution < -0.4 is 5.32 Å². The molecule has 4 rings (SSSR count). The van der Waals surface area contributed by atoms with Crippen molar-refractivity contribution in [3.05, 3.63) is 54.7 Å². The fraction of sp³-hybridized carbons (Fsp3) is 0.278. The zero-order valence-electron chi connectivity index (χ0n) is 13.3.